The SMILES string of the molecule is c1ccc(-c2ccc([NH+](c3ccc4c(c3)-c3ccccc3-c3ccccc3-c3ccccc3-4)c3ccc4oc5ccccc5c4c3)c(-c3ccccc3)c2)cc1. The predicted octanol–water partition coefficient (Wildman–Crippen LogP) is 14.1. The van der Waals surface area contributed by atoms with Crippen LogP contribution in [-0.2, 0) is 0 Å². The van der Waals surface area contributed by atoms with Crippen molar-refractivity contribution in [3.8, 4) is 66.8 Å². The molecule has 56 heavy (non-hydrogen) atoms. The van der Waals surface area contributed by atoms with E-state index in [2.05, 4.69) is 206 Å². The first-order valence-corrected chi connectivity index (χ1v) is 19.3. The Labute approximate surface area is 326 Å². The largest absolute Gasteiger partial charge is 0.456 e. The minimum atomic E-state index is 0.888. The summed E-state index contributed by atoms with van der Waals surface area (Å²) in [4.78, 5) is 1.17. The number of benzene rings is 9. The van der Waals surface area contributed by atoms with Crippen LogP contribution in [0.3, 0.4) is 0 Å². The van der Waals surface area contributed by atoms with Gasteiger partial charge in [0, 0.05) is 46.7 Å². The zero-order valence-electron chi connectivity index (χ0n) is 30.6. The molecule has 2 nitrogen and oxygen atoms in total. The summed E-state index contributed by atoms with van der Waals surface area (Å²) in [5, 5.41) is 2.23. The Morgan fingerprint density at radius 1 is 0.268 bits per heavy atom. The van der Waals surface area contributed by atoms with Crippen molar-refractivity contribution in [3.63, 3.8) is 0 Å². The van der Waals surface area contributed by atoms with E-state index < -0.39 is 0 Å². The molecule has 0 aliphatic heterocycles. The highest BCUT2D eigenvalue weighted by molar-refractivity contribution is 6.06. The summed E-state index contributed by atoms with van der Waals surface area (Å²) < 4.78 is 6.35. The Balaban J connectivity index is 1.20. The fourth-order valence-electron chi connectivity index (χ4n) is 8.80. The predicted molar refractivity (Wildman–Crippen MR) is 233 cm³/mol. The molecule has 0 spiro atoms. The zero-order chi connectivity index (χ0) is 37.0. The first-order valence-electron chi connectivity index (χ1n) is 19.3. The van der Waals surface area contributed by atoms with Gasteiger partial charge in [0.1, 0.15) is 28.2 Å². The van der Waals surface area contributed by atoms with Gasteiger partial charge >= 0.3 is 0 Å². The van der Waals surface area contributed by atoms with Crippen LogP contribution in [0.5, 0.6) is 0 Å². The van der Waals surface area contributed by atoms with Gasteiger partial charge in [0.05, 0.1) is 0 Å². The normalized spacial score (nSPS) is 12.2. The van der Waals surface area contributed by atoms with Crippen molar-refractivity contribution in [2.45, 2.75) is 0 Å². The van der Waals surface area contributed by atoms with Gasteiger partial charge in [0.25, 0.3) is 0 Å². The summed E-state index contributed by atoms with van der Waals surface area (Å²) in [6, 6.07) is 77.2. The number of furan rings is 1. The van der Waals surface area contributed by atoms with Crippen LogP contribution < -0.4 is 4.90 Å². The van der Waals surface area contributed by atoms with Gasteiger partial charge in [-0.1, -0.05) is 152 Å². The molecule has 1 heterocycles. The molecule has 0 fully saturated rings. The minimum Gasteiger partial charge on any atom is -0.456 e. The van der Waals surface area contributed by atoms with E-state index >= 15 is 0 Å². The maximum atomic E-state index is 6.35. The van der Waals surface area contributed by atoms with Crippen molar-refractivity contribution in [1.29, 1.82) is 0 Å². The lowest BCUT2D eigenvalue weighted by Crippen LogP contribution is -2.96. The van der Waals surface area contributed by atoms with E-state index in [1.54, 1.807) is 0 Å². The molecule has 1 N–H and O–H groups in total. The van der Waals surface area contributed by atoms with Crippen LogP contribution in [0.25, 0.3) is 88.7 Å². The van der Waals surface area contributed by atoms with Crippen LogP contribution in [0.15, 0.2) is 217 Å². The Bertz CT molecular complexity index is 3080. The Hall–Kier alpha value is -7.26. The molecule has 1 atom stereocenters. The zero-order valence-corrected chi connectivity index (χ0v) is 30.6. The van der Waals surface area contributed by atoms with Gasteiger partial charge in [0.15, 0.2) is 0 Å². The van der Waals surface area contributed by atoms with Crippen molar-refractivity contribution >= 4 is 39.0 Å². The maximum Gasteiger partial charge on any atom is 0.149 e. The number of nitrogens with one attached hydrogen (secondary N) is 1. The average molecular weight is 715 g/mol. The molecule has 1 aromatic heterocycles. The van der Waals surface area contributed by atoms with Gasteiger partial charge in [0.2, 0.25) is 0 Å². The number of fused-ring (bicyclic) bond motifs is 11. The fraction of sp³-hybridized carbons (Fsp3) is 0. The molecule has 0 radical (unpaired) electrons. The lowest BCUT2D eigenvalue weighted by molar-refractivity contribution is -0.680. The summed E-state index contributed by atoms with van der Waals surface area (Å²) in [5.74, 6) is 0. The van der Waals surface area contributed by atoms with Crippen LogP contribution in [0.1, 0.15) is 0 Å². The van der Waals surface area contributed by atoms with Gasteiger partial charge in [-0.15, -0.1) is 0 Å². The second kappa shape index (κ2) is 13.2. The number of quaternary nitrogens is 1. The Morgan fingerprint density at radius 2 is 0.750 bits per heavy atom. The number of hydrogen-bond acceptors (Lipinski definition) is 1. The summed E-state index contributed by atoms with van der Waals surface area (Å²) in [6.45, 7) is 0. The number of hydrogen-bond donors (Lipinski definition) is 1. The quantitative estimate of drug-likeness (QED) is 0.188. The van der Waals surface area contributed by atoms with E-state index in [1.807, 2.05) is 6.07 Å². The van der Waals surface area contributed by atoms with Crippen molar-refractivity contribution in [3.05, 3.63) is 212 Å². The first-order chi connectivity index (χ1) is 27.8. The van der Waals surface area contributed by atoms with Gasteiger partial charge < -0.3 is 4.42 Å². The summed E-state index contributed by atoms with van der Waals surface area (Å²) in [6.07, 6.45) is 0. The molecule has 0 amide bonds. The standard InChI is InChI=1S/C54H35NO/c1-3-15-36(16-4-1)38-27-31-52(49(33-38)37-17-5-2-6-18-37)55(40-29-32-54-51(35-40)48-25-13-14-26-53(48)56-54)39-28-30-47-45-23-10-9-21-43(45)41-19-7-8-20-42(41)44-22-11-12-24-46(44)50(47)34-39/h1-35H/p+1. The summed E-state index contributed by atoms with van der Waals surface area (Å²) in [7, 11) is 0. The van der Waals surface area contributed by atoms with E-state index in [9.17, 15) is 0 Å². The molecule has 9 aromatic carbocycles. The molecule has 0 saturated heterocycles. The molecule has 0 bridgehead atoms. The van der Waals surface area contributed by atoms with Crippen LogP contribution in [0.4, 0.5) is 17.1 Å². The molecule has 11 rings (SSSR count). The van der Waals surface area contributed by atoms with Crippen LogP contribution in [-0.4, -0.2) is 0 Å². The molecule has 0 saturated carbocycles. The molecule has 1 aliphatic rings. The molecule has 1 aliphatic carbocycles. The van der Waals surface area contributed by atoms with Gasteiger partial charge in [-0.2, -0.15) is 0 Å². The van der Waals surface area contributed by atoms with E-state index in [-0.39, 0.29) is 0 Å². The molecular weight excluding hydrogens is 679 g/mol. The van der Waals surface area contributed by atoms with Crippen molar-refractivity contribution in [2.75, 3.05) is 0 Å². The second-order valence-electron chi connectivity index (χ2n) is 14.6. The molecule has 1 unspecified atom stereocenters. The second-order valence-corrected chi connectivity index (χ2v) is 14.6. The van der Waals surface area contributed by atoms with Crippen molar-refractivity contribution in [1.82, 2.24) is 0 Å². The summed E-state index contributed by atoms with van der Waals surface area (Å²) >= 11 is 0. The minimum absolute atomic E-state index is 0.888. The monoisotopic (exact) mass is 714 g/mol. The first kappa shape index (κ1) is 32.2. The third kappa shape index (κ3) is 5.31. The molecule has 2 heteroatoms. The Morgan fingerprint density at radius 3 is 1.39 bits per heavy atom. The van der Waals surface area contributed by atoms with E-state index in [4.69, 9.17) is 4.42 Å². The smallest absolute Gasteiger partial charge is 0.149 e. The highest BCUT2D eigenvalue weighted by Gasteiger charge is 2.28. The van der Waals surface area contributed by atoms with E-state index in [0.717, 1.165) is 33.3 Å². The number of para-hydroxylation sites is 1. The Kier molecular flexibility index (Phi) is 7.61. The topological polar surface area (TPSA) is 17.6 Å². The lowest BCUT2D eigenvalue weighted by atomic mass is 9.81. The van der Waals surface area contributed by atoms with Crippen molar-refractivity contribution < 1.29 is 9.32 Å². The number of rotatable bonds is 5. The lowest BCUT2D eigenvalue weighted by Gasteiger charge is -2.26. The third-order valence-corrected chi connectivity index (χ3v) is 11.4. The highest BCUT2D eigenvalue weighted by atomic mass is 16.3. The van der Waals surface area contributed by atoms with E-state index in [1.165, 1.54) is 77.3 Å². The fourth-order valence-corrected chi connectivity index (χ4v) is 8.80. The van der Waals surface area contributed by atoms with Crippen molar-refractivity contribution in [2.24, 2.45) is 0 Å². The third-order valence-electron chi connectivity index (χ3n) is 11.4. The maximum absolute atomic E-state index is 6.35. The van der Waals surface area contributed by atoms with Crippen LogP contribution in [0, 0.1) is 0 Å². The van der Waals surface area contributed by atoms with Gasteiger partial charge in [-0.25, -0.2) is 4.90 Å². The summed E-state index contributed by atoms with van der Waals surface area (Å²) in [5.41, 5.74) is 19.9. The van der Waals surface area contributed by atoms with E-state index in [0.29, 0.717) is 0 Å². The highest BCUT2D eigenvalue weighted by Crippen LogP contribution is 2.48. The molecule has 262 valence electrons. The molecular formula is C54H36NO+. The van der Waals surface area contributed by atoms with Crippen LogP contribution in [0.2, 0.25) is 0 Å². The average Bonchev–Trinajstić information content (AvgIpc) is 3.65. The van der Waals surface area contributed by atoms with Crippen LogP contribution >= 0.6 is 0 Å². The van der Waals surface area contributed by atoms with Gasteiger partial charge in [-0.3, -0.25) is 0 Å². The molecule has 10 aromatic rings. The van der Waals surface area contributed by atoms with Gasteiger partial charge in [-0.05, 0) is 91.5 Å².